The second-order valence-electron chi connectivity index (χ2n) is 3.11. The lowest BCUT2D eigenvalue weighted by molar-refractivity contribution is -0.137. The molecule has 90 valence electrons. The van der Waals surface area contributed by atoms with Crippen LogP contribution in [0.3, 0.4) is 0 Å². The van der Waals surface area contributed by atoms with E-state index in [0.717, 1.165) is 11.8 Å². The van der Waals surface area contributed by atoms with Gasteiger partial charge in [0.2, 0.25) is 0 Å². The number of anilines is 1. The number of alkyl halides is 3. The second-order valence-corrected chi connectivity index (χ2v) is 4.50. The highest BCUT2D eigenvalue weighted by Gasteiger charge is 2.33. The zero-order valence-electron chi connectivity index (χ0n) is 8.57. The van der Waals surface area contributed by atoms with Crippen LogP contribution < -0.4 is 5.32 Å². The van der Waals surface area contributed by atoms with Crippen LogP contribution in [0, 0.1) is 0 Å². The third kappa shape index (κ3) is 3.79. The Morgan fingerprint density at radius 2 is 2.06 bits per heavy atom. The number of thioether (sulfide) groups is 1. The molecule has 0 radical (unpaired) electrons. The van der Waals surface area contributed by atoms with Gasteiger partial charge >= 0.3 is 6.18 Å². The van der Waals surface area contributed by atoms with Gasteiger partial charge in [-0.25, -0.2) is 0 Å². The maximum Gasteiger partial charge on any atom is 0.417 e. The molecule has 16 heavy (non-hydrogen) atoms. The van der Waals surface area contributed by atoms with Gasteiger partial charge in [-0.3, -0.25) is 0 Å². The summed E-state index contributed by atoms with van der Waals surface area (Å²) in [6, 6.07) is 3.83. The lowest BCUT2D eigenvalue weighted by Crippen LogP contribution is -2.08. The first-order chi connectivity index (χ1) is 7.45. The Labute approximate surface area is 101 Å². The van der Waals surface area contributed by atoms with Gasteiger partial charge in [0.05, 0.1) is 10.6 Å². The predicted octanol–water partition coefficient (Wildman–Crippen LogP) is 4.13. The molecular formula is C10H11ClF3NS. The minimum atomic E-state index is -4.41. The Morgan fingerprint density at radius 3 is 2.62 bits per heavy atom. The minimum Gasteiger partial charge on any atom is -0.384 e. The van der Waals surface area contributed by atoms with Crippen LogP contribution in [-0.2, 0) is 6.18 Å². The Balaban J connectivity index is 2.82. The smallest absolute Gasteiger partial charge is 0.384 e. The van der Waals surface area contributed by atoms with Crippen molar-refractivity contribution in [2.45, 2.75) is 6.18 Å². The molecule has 0 saturated heterocycles. The van der Waals surface area contributed by atoms with Crippen LogP contribution in [0.5, 0.6) is 0 Å². The molecule has 0 unspecified atom stereocenters. The summed E-state index contributed by atoms with van der Waals surface area (Å²) in [7, 11) is 0. The van der Waals surface area contributed by atoms with Gasteiger partial charge < -0.3 is 5.32 Å². The average Bonchev–Trinajstić information content (AvgIpc) is 2.19. The Morgan fingerprint density at radius 1 is 1.38 bits per heavy atom. The van der Waals surface area contributed by atoms with E-state index >= 15 is 0 Å². The van der Waals surface area contributed by atoms with Crippen LogP contribution in [0.1, 0.15) is 5.56 Å². The van der Waals surface area contributed by atoms with Crippen LogP contribution in [0.2, 0.25) is 5.02 Å². The van der Waals surface area contributed by atoms with Gasteiger partial charge in [0, 0.05) is 18.0 Å². The molecule has 0 amide bonds. The molecule has 0 saturated carbocycles. The first-order valence-corrected chi connectivity index (χ1v) is 6.32. The van der Waals surface area contributed by atoms with E-state index < -0.39 is 11.7 Å². The molecule has 1 nitrogen and oxygen atoms in total. The molecule has 0 atom stereocenters. The van der Waals surface area contributed by atoms with E-state index in [0.29, 0.717) is 12.2 Å². The van der Waals surface area contributed by atoms with Crippen LogP contribution in [0.4, 0.5) is 18.9 Å². The zero-order chi connectivity index (χ0) is 12.2. The molecule has 0 heterocycles. The van der Waals surface area contributed by atoms with Gasteiger partial charge in [-0.2, -0.15) is 24.9 Å². The fourth-order valence-electron chi connectivity index (χ4n) is 1.15. The minimum absolute atomic E-state index is 0.275. The van der Waals surface area contributed by atoms with Crippen molar-refractivity contribution in [3.05, 3.63) is 28.8 Å². The largest absolute Gasteiger partial charge is 0.417 e. The molecular weight excluding hydrogens is 259 g/mol. The van der Waals surface area contributed by atoms with E-state index in [1.165, 1.54) is 12.1 Å². The summed E-state index contributed by atoms with van der Waals surface area (Å²) in [5, 5.41) is 2.63. The first-order valence-electron chi connectivity index (χ1n) is 4.54. The fourth-order valence-corrected chi connectivity index (χ4v) is 1.68. The summed E-state index contributed by atoms with van der Waals surface area (Å²) in [5.41, 5.74) is -0.367. The number of hydrogen-bond donors (Lipinski definition) is 1. The van der Waals surface area contributed by atoms with Crippen LogP contribution >= 0.6 is 23.4 Å². The van der Waals surface area contributed by atoms with Crippen LogP contribution in [-0.4, -0.2) is 18.6 Å². The highest BCUT2D eigenvalue weighted by atomic mass is 35.5. The summed E-state index contributed by atoms with van der Waals surface area (Å²) in [6.45, 7) is 0.625. The molecule has 0 fully saturated rings. The van der Waals surface area contributed by atoms with Gasteiger partial charge in [-0.15, -0.1) is 0 Å². The fraction of sp³-hybridized carbons (Fsp3) is 0.400. The van der Waals surface area contributed by atoms with E-state index in [1.54, 1.807) is 11.8 Å². The molecule has 0 spiro atoms. The third-order valence-electron chi connectivity index (χ3n) is 1.91. The van der Waals surface area contributed by atoms with Gasteiger partial charge in [0.1, 0.15) is 0 Å². The lowest BCUT2D eigenvalue weighted by Gasteiger charge is -2.12. The van der Waals surface area contributed by atoms with E-state index in [1.807, 2.05) is 6.26 Å². The molecule has 0 aromatic heterocycles. The Hall–Kier alpha value is -0.550. The van der Waals surface area contributed by atoms with E-state index in [4.69, 9.17) is 11.6 Å². The highest BCUT2D eigenvalue weighted by Crippen LogP contribution is 2.36. The van der Waals surface area contributed by atoms with E-state index in [2.05, 4.69) is 5.32 Å². The van der Waals surface area contributed by atoms with E-state index in [9.17, 15) is 13.2 Å². The number of benzene rings is 1. The monoisotopic (exact) mass is 269 g/mol. The molecule has 1 rings (SSSR count). The molecule has 0 aliphatic carbocycles. The maximum atomic E-state index is 12.5. The molecule has 1 aromatic rings. The third-order valence-corrected chi connectivity index (χ3v) is 2.85. The quantitative estimate of drug-likeness (QED) is 0.825. The Kier molecular flexibility index (Phi) is 4.80. The van der Waals surface area contributed by atoms with Crippen molar-refractivity contribution in [2.75, 3.05) is 23.9 Å². The lowest BCUT2D eigenvalue weighted by atomic mass is 10.2. The summed E-state index contributed by atoms with van der Waals surface area (Å²) >= 11 is 7.11. The maximum absolute atomic E-state index is 12.5. The van der Waals surface area contributed by atoms with E-state index in [-0.39, 0.29) is 5.02 Å². The van der Waals surface area contributed by atoms with Gasteiger partial charge in [0.25, 0.3) is 0 Å². The molecule has 0 bridgehead atoms. The van der Waals surface area contributed by atoms with Crippen molar-refractivity contribution in [3.63, 3.8) is 0 Å². The number of rotatable bonds is 4. The molecule has 1 N–H and O–H groups in total. The topological polar surface area (TPSA) is 12.0 Å². The normalized spacial score (nSPS) is 11.6. The number of hydrogen-bond acceptors (Lipinski definition) is 2. The summed E-state index contributed by atoms with van der Waals surface area (Å²) < 4.78 is 37.5. The Bertz CT molecular complexity index is 354. The molecule has 0 aliphatic heterocycles. The van der Waals surface area contributed by atoms with Crippen molar-refractivity contribution in [1.82, 2.24) is 0 Å². The van der Waals surface area contributed by atoms with Crippen LogP contribution in [0.15, 0.2) is 18.2 Å². The van der Waals surface area contributed by atoms with Crippen molar-refractivity contribution in [2.24, 2.45) is 0 Å². The highest BCUT2D eigenvalue weighted by molar-refractivity contribution is 7.98. The zero-order valence-corrected chi connectivity index (χ0v) is 10.1. The van der Waals surface area contributed by atoms with Gasteiger partial charge in [-0.05, 0) is 24.5 Å². The number of halogens is 4. The van der Waals surface area contributed by atoms with Crippen LogP contribution in [0.25, 0.3) is 0 Å². The SMILES string of the molecule is CSCCNc1ccc(Cl)c(C(F)(F)F)c1. The molecule has 1 aromatic carbocycles. The second kappa shape index (κ2) is 5.68. The van der Waals surface area contributed by atoms with Crippen molar-refractivity contribution in [3.8, 4) is 0 Å². The van der Waals surface area contributed by atoms with Crippen molar-refractivity contribution in [1.29, 1.82) is 0 Å². The first kappa shape index (κ1) is 13.5. The molecule has 0 aliphatic rings. The number of nitrogens with one attached hydrogen (secondary N) is 1. The standard InChI is InChI=1S/C10H11ClF3NS/c1-16-5-4-15-7-2-3-9(11)8(6-7)10(12,13)14/h2-3,6,15H,4-5H2,1H3. The summed E-state index contributed by atoms with van der Waals surface area (Å²) in [4.78, 5) is 0. The van der Waals surface area contributed by atoms with Crippen molar-refractivity contribution >= 4 is 29.1 Å². The van der Waals surface area contributed by atoms with Crippen molar-refractivity contribution < 1.29 is 13.2 Å². The summed E-state index contributed by atoms with van der Waals surface area (Å²) in [5.74, 6) is 0.837. The molecule has 6 heteroatoms. The van der Waals surface area contributed by atoms with Gasteiger partial charge in [-0.1, -0.05) is 11.6 Å². The average molecular weight is 270 g/mol. The predicted molar refractivity (Wildman–Crippen MR) is 63.3 cm³/mol. The van der Waals surface area contributed by atoms with Gasteiger partial charge in [0.15, 0.2) is 0 Å². The summed E-state index contributed by atoms with van der Waals surface area (Å²) in [6.07, 6.45) is -2.47.